The Balaban J connectivity index is 1.89. The molecule has 0 radical (unpaired) electrons. The quantitative estimate of drug-likeness (QED) is 0.742. The van der Waals surface area contributed by atoms with Crippen LogP contribution in [0.3, 0.4) is 0 Å². The first-order valence-corrected chi connectivity index (χ1v) is 7.19. The van der Waals surface area contributed by atoms with Crippen LogP contribution in [-0.2, 0) is 0 Å². The second-order valence-electron chi connectivity index (χ2n) is 5.95. The van der Waals surface area contributed by atoms with Crippen LogP contribution < -0.4 is 0 Å². The number of aliphatic hydroxyl groups excluding tert-OH is 2. The van der Waals surface area contributed by atoms with Gasteiger partial charge in [0.15, 0.2) is 0 Å². The minimum absolute atomic E-state index is 0.0649. The van der Waals surface area contributed by atoms with Gasteiger partial charge in [-0.05, 0) is 69.1 Å². The van der Waals surface area contributed by atoms with Gasteiger partial charge in [0.25, 0.3) is 0 Å². The highest BCUT2D eigenvalue weighted by Gasteiger charge is 2.32. The molecule has 0 saturated heterocycles. The maximum absolute atomic E-state index is 9.57. The van der Waals surface area contributed by atoms with Crippen molar-refractivity contribution in [2.24, 2.45) is 17.8 Å². The van der Waals surface area contributed by atoms with Crippen molar-refractivity contribution in [2.75, 3.05) is 0 Å². The predicted octanol–water partition coefficient (Wildman–Crippen LogP) is 2.89. The van der Waals surface area contributed by atoms with E-state index in [0.29, 0.717) is 5.92 Å². The average molecular weight is 238 g/mol. The summed E-state index contributed by atoms with van der Waals surface area (Å²) in [6, 6.07) is 0. The number of aliphatic hydroxyl groups is 2. The molecule has 17 heavy (non-hydrogen) atoms. The van der Waals surface area contributed by atoms with E-state index in [1.54, 1.807) is 0 Å². The molecule has 98 valence electrons. The van der Waals surface area contributed by atoms with Crippen molar-refractivity contribution >= 4 is 0 Å². The first kappa shape index (κ1) is 13.1. The molecule has 2 N–H and O–H groups in total. The predicted molar refractivity (Wildman–Crippen MR) is 69.6 cm³/mol. The van der Waals surface area contributed by atoms with E-state index in [9.17, 15) is 10.2 Å². The zero-order valence-corrected chi connectivity index (χ0v) is 10.7. The molecule has 0 bridgehead atoms. The van der Waals surface area contributed by atoms with Crippen molar-refractivity contribution in [3.63, 3.8) is 0 Å². The lowest BCUT2D eigenvalue weighted by Gasteiger charge is -2.38. The molecule has 2 rings (SSSR count). The van der Waals surface area contributed by atoms with Crippen molar-refractivity contribution < 1.29 is 10.2 Å². The molecule has 0 aromatic carbocycles. The maximum atomic E-state index is 9.57. The van der Waals surface area contributed by atoms with Gasteiger partial charge in [-0.2, -0.15) is 0 Å². The Morgan fingerprint density at radius 3 is 1.41 bits per heavy atom. The van der Waals surface area contributed by atoms with E-state index < -0.39 is 0 Å². The lowest BCUT2D eigenvalue weighted by molar-refractivity contribution is 0.0606. The fourth-order valence-corrected chi connectivity index (χ4v) is 3.74. The molecule has 2 fully saturated rings. The average Bonchev–Trinajstić information content (AvgIpc) is 2.35. The summed E-state index contributed by atoms with van der Waals surface area (Å²) in [4.78, 5) is 0. The molecule has 0 aliphatic heterocycles. The van der Waals surface area contributed by atoms with Crippen LogP contribution in [0.25, 0.3) is 0 Å². The van der Waals surface area contributed by atoms with Gasteiger partial charge >= 0.3 is 0 Å². The van der Waals surface area contributed by atoms with E-state index in [0.717, 1.165) is 63.2 Å². The number of hydrogen-bond acceptors (Lipinski definition) is 2. The third-order valence-electron chi connectivity index (χ3n) is 4.84. The Labute approximate surface area is 105 Å². The summed E-state index contributed by atoms with van der Waals surface area (Å²) in [6.07, 6.45) is 10.5. The molecule has 0 amide bonds. The van der Waals surface area contributed by atoms with Crippen LogP contribution in [0.2, 0.25) is 0 Å². The molecule has 2 nitrogen and oxygen atoms in total. The highest BCUT2D eigenvalue weighted by atomic mass is 16.3. The van der Waals surface area contributed by atoms with Gasteiger partial charge in [-0.25, -0.2) is 0 Å². The fourth-order valence-electron chi connectivity index (χ4n) is 3.74. The first-order chi connectivity index (χ1) is 8.20. The van der Waals surface area contributed by atoms with Crippen LogP contribution in [-0.4, -0.2) is 22.4 Å². The van der Waals surface area contributed by atoms with Crippen LogP contribution in [0, 0.1) is 17.8 Å². The number of hydrogen-bond donors (Lipinski definition) is 2. The summed E-state index contributed by atoms with van der Waals surface area (Å²) in [7, 11) is 0. The van der Waals surface area contributed by atoms with Gasteiger partial charge in [-0.15, -0.1) is 6.58 Å². The summed E-state index contributed by atoms with van der Waals surface area (Å²) < 4.78 is 0. The molecule has 2 aliphatic carbocycles. The highest BCUT2D eigenvalue weighted by molar-refractivity contribution is 4.93. The molecule has 0 unspecified atom stereocenters. The molecule has 2 heteroatoms. The van der Waals surface area contributed by atoms with Crippen LogP contribution >= 0.6 is 0 Å². The van der Waals surface area contributed by atoms with E-state index in [-0.39, 0.29) is 12.2 Å². The molecule has 0 atom stereocenters. The normalized spacial score (nSPS) is 40.8. The zero-order chi connectivity index (χ0) is 12.3. The molecular weight excluding hydrogens is 212 g/mol. The van der Waals surface area contributed by atoms with Crippen LogP contribution in [0.15, 0.2) is 12.7 Å². The second-order valence-corrected chi connectivity index (χ2v) is 5.95. The summed E-state index contributed by atoms with van der Waals surface area (Å²) in [5, 5.41) is 19.1. The Kier molecular flexibility index (Phi) is 4.63. The monoisotopic (exact) mass is 238 g/mol. The van der Waals surface area contributed by atoms with Gasteiger partial charge in [0.1, 0.15) is 0 Å². The molecule has 0 heterocycles. The maximum Gasteiger partial charge on any atom is 0.0540 e. The molecule has 2 saturated carbocycles. The summed E-state index contributed by atoms with van der Waals surface area (Å²) in [5.74, 6) is 2.04. The highest BCUT2D eigenvalue weighted by Crippen LogP contribution is 2.40. The van der Waals surface area contributed by atoms with E-state index >= 15 is 0 Å². The lowest BCUT2D eigenvalue weighted by Crippen LogP contribution is -2.31. The van der Waals surface area contributed by atoms with Crippen LogP contribution in [0.1, 0.15) is 51.4 Å². The topological polar surface area (TPSA) is 40.5 Å². The van der Waals surface area contributed by atoms with Crippen molar-refractivity contribution in [3.8, 4) is 0 Å². The summed E-state index contributed by atoms with van der Waals surface area (Å²) in [6.45, 7) is 4.02. The smallest absolute Gasteiger partial charge is 0.0540 e. The van der Waals surface area contributed by atoms with Gasteiger partial charge < -0.3 is 10.2 Å². The molecular formula is C15H26O2. The van der Waals surface area contributed by atoms with Crippen molar-refractivity contribution in [3.05, 3.63) is 12.7 Å². The van der Waals surface area contributed by atoms with E-state index in [1.807, 2.05) is 0 Å². The van der Waals surface area contributed by atoms with E-state index in [2.05, 4.69) is 12.7 Å². The molecule has 0 aromatic rings. The van der Waals surface area contributed by atoms with Gasteiger partial charge in [-0.3, -0.25) is 0 Å². The molecule has 2 aliphatic rings. The first-order valence-electron chi connectivity index (χ1n) is 7.19. The van der Waals surface area contributed by atoms with E-state index in [1.165, 1.54) is 0 Å². The van der Waals surface area contributed by atoms with E-state index in [4.69, 9.17) is 0 Å². The minimum Gasteiger partial charge on any atom is -0.393 e. The molecule has 0 spiro atoms. The standard InChI is InChI=1S/C15H26O2/c1-2-15(11-3-7-13(16)8-4-11)12-5-9-14(17)10-6-12/h2,11-17H,1,3-10H2. The summed E-state index contributed by atoms with van der Waals surface area (Å²) >= 11 is 0. The Morgan fingerprint density at radius 2 is 1.12 bits per heavy atom. The largest absolute Gasteiger partial charge is 0.393 e. The number of rotatable bonds is 3. The second kappa shape index (κ2) is 6.01. The van der Waals surface area contributed by atoms with Crippen molar-refractivity contribution in [1.82, 2.24) is 0 Å². The third-order valence-corrected chi connectivity index (χ3v) is 4.84. The van der Waals surface area contributed by atoms with Crippen molar-refractivity contribution in [1.29, 1.82) is 0 Å². The Bertz CT molecular complexity index is 213. The van der Waals surface area contributed by atoms with Crippen molar-refractivity contribution in [2.45, 2.75) is 63.6 Å². The zero-order valence-electron chi connectivity index (χ0n) is 10.7. The minimum atomic E-state index is -0.0649. The van der Waals surface area contributed by atoms with Gasteiger partial charge in [0, 0.05) is 0 Å². The lowest BCUT2D eigenvalue weighted by atomic mass is 9.69. The van der Waals surface area contributed by atoms with Gasteiger partial charge in [0.2, 0.25) is 0 Å². The fraction of sp³-hybridized carbons (Fsp3) is 0.867. The third kappa shape index (κ3) is 3.32. The summed E-state index contributed by atoms with van der Waals surface area (Å²) in [5.41, 5.74) is 0. The molecule has 0 aromatic heterocycles. The Hall–Kier alpha value is -0.340. The van der Waals surface area contributed by atoms with Crippen LogP contribution in [0.5, 0.6) is 0 Å². The van der Waals surface area contributed by atoms with Gasteiger partial charge in [0.05, 0.1) is 12.2 Å². The Morgan fingerprint density at radius 1 is 0.765 bits per heavy atom. The SMILES string of the molecule is C=CC(C1CCC(O)CC1)C1CCC(O)CC1. The number of allylic oxidation sites excluding steroid dienone is 1. The van der Waals surface area contributed by atoms with Gasteiger partial charge in [-0.1, -0.05) is 6.08 Å². The van der Waals surface area contributed by atoms with Crippen LogP contribution in [0.4, 0.5) is 0 Å².